The zero-order valence-electron chi connectivity index (χ0n) is 17.3. The zero-order chi connectivity index (χ0) is 19.8. The second-order valence-corrected chi connectivity index (χ2v) is 10.0. The van der Waals surface area contributed by atoms with Gasteiger partial charge in [-0.1, -0.05) is 27.7 Å². The molecule has 154 valence electrons. The maximum Gasteiger partial charge on any atom is 0.211 e. The van der Waals surface area contributed by atoms with Gasteiger partial charge in [-0.15, -0.1) is 0 Å². The molecule has 0 aromatic carbocycles. The molecule has 1 saturated heterocycles. The Morgan fingerprint density at radius 1 is 1.31 bits per heavy atom. The van der Waals surface area contributed by atoms with Crippen LogP contribution in [0.1, 0.15) is 47.0 Å². The Kier molecular flexibility index (Phi) is 9.33. The molecule has 0 radical (unpaired) electrons. The number of nitrogens with zero attached hydrogens (tertiary/aromatic N) is 2. The Bertz CT molecular complexity index is 543. The van der Waals surface area contributed by atoms with Crippen LogP contribution in [-0.4, -0.2) is 70.9 Å². The van der Waals surface area contributed by atoms with E-state index in [1.54, 1.807) is 7.05 Å². The van der Waals surface area contributed by atoms with E-state index in [0.717, 1.165) is 38.4 Å². The van der Waals surface area contributed by atoms with Gasteiger partial charge in [0.1, 0.15) is 0 Å². The second kappa shape index (κ2) is 10.5. The molecule has 7 nitrogen and oxygen atoms in total. The van der Waals surface area contributed by atoms with Crippen molar-refractivity contribution in [1.82, 2.24) is 14.9 Å². The topological polar surface area (TPSA) is 83.0 Å². The Morgan fingerprint density at radius 2 is 2.00 bits per heavy atom. The summed E-state index contributed by atoms with van der Waals surface area (Å²) < 4.78 is 30.7. The molecule has 1 aliphatic heterocycles. The average molecular weight is 391 g/mol. The average Bonchev–Trinajstić information content (AvgIpc) is 2.55. The fourth-order valence-corrected chi connectivity index (χ4v) is 4.41. The van der Waals surface area contributed by atoms with Crippen LogP contribution in [-0.2, 0) is 14.8 Å². The second-order valence-electron chi connectivity index (χ2n) is 8.05. The van der Waals surface area contributed by atoms with Crippen LogP contribution in [0.5, 0.6) is 0 Å². The molecule has 26 heavy (non-hydrogen) atoms. The minimum atomic E-state index is -3.12. The summed E-state index contributed by atoms with van der Waals surface area (Å²) in [6, 6.07) is 0. The summed E-state index contributed by atoms with van der Waals surface area (Å²) in [4.78, 5) is 4.27. The Balaban J connectivity index is 2.41. The molecule has 2 unspecified atom stereocenters. The minimum absolute atomic E-state index is 0.124. The third-order valence-corrected chi connectivity index (χ3v) is 6.13. The lowest BCUT2D eigenvalue weighted by molar-refractivity contribution is -0.0835. The van der Waals surface area contributed by atoms with E-state index < -0.39 is 10.0 Å². The fourth-order valence-electron chi connectivity index (χ4n) is 3.48. The molecular weight excluding hydrogens is 352 g/mol. The molecule has 8 heteroatoms. The lowest BCUT2D eigenvalue weighted by Gasteiger charge is -2.40. The number of rotatable bonds is 8. The van der Waals surface area contributed by atoms with E-state index in [0.29, 0.717) is 25.6 Å². The summed E-state index contributed by atoms with van der Waals surface area (Å²) >= 11 is 0. The molecular formula is C18H38N4O3S. The molecule has 0 spiro atoms. The highest BCUT2D eigenvalue weighted by Crippen LogP contribution is 2.33. The number of nitrogens with one attached hydrogen (secondary N) is 2. The molecule has 2 N–H and O–H groups in total. The van der Waals surface area contributed by atoms with E-state index in [1.807, 2.05) is 6.92 Å². The first kappa shape index (κ1) is 23.2. The summed E-state index contributed by atoms with van der Waals surface area (Å²) in [6.07, 6.45) is 4.49. The predicted octanol–water partition coefficient (Wildman–Crippen LogP) is 1.66. The van der Waals surface area contributed by atoms with E-state index in [1.165, 1.54) is 10.6 Å². The van der Waals surface area contributed by atoms with Crippen molar-refractivity contribution in [3.8, 4) is 0 Å². The smallest absolute Gasteiger partial charge is 0.211 e. The Morgan fingerprint density at radius 3 is 2.54 bits per heavy atom. The maximum absolute atomic E-state index is 11.6. The fraction of sp³-hybridized carbons (Fsp3) is 0.944. The number of guanidine groups is 1. The van der Waals surface area contributed by atoms with Gasteiger partial charge >= 0.3 is 0 Å². The summed E-state index contributed by atoms with van der Waals surface area (Å²) in [6.45, 7) is 11.9. The van der Waals surface area contributed by atoms with Gasteiger partial charge in [-0.3, -0.25) is 4.99 Å². The van der Waals surface area contributed by atoms with Gasteiger partial charge in [0.25, 0.3) is 0 Å². The first-order chi connectivity index (χ1) is 12.1. The van der Waals surface area contributed by atoms with Crippen molar-refractivity contribution in [3.05, 3.63) is 0 Å². The number of aliphatic imine (C=N–C) groups is 1. The molecule has 1 aliphatic rings. The zero-order valence-corrected chi connectivity index (χ0v) is 18.2. The standard InChI is InChI=1S/C18H38N4O3S/c1-7-22(26(6,23)24)12-9-11-20-17(19-5)21-14-15-10-8-13-25-16(15)18(2,3)4/h15-16H,7-14H2,1-6H3,(H2,19,20,21). The molecule has 1 rings (SSSR count). The Labute approximate surface area is 160 Å². The molecule has 0 amide bonds. The highest BCUT2D eigenvalue weighted by atomic mass is 32.2. The van der Waals surface area contributed by atoms with E-state index in [2.05, 4.69) is 36.4 Å². The van der Waals surface area contributed by atoms with Crippen LogP contribution >= 0.6 is 0 Å². The van der Waals surface area contributed by atoms with Crippen molar-refractivity contribution in [3.63, 3.8) is 0 Å². The normalized spacial score (nSPS) is 22.5. The quantitative estimate of drug-likeness (QED) is 0.374. The maximum atomic E-state index is 11.6. The summed E-state index contributed by atoms with van der Waals surface area (Å²) in [5, 5.41) is 6.67. The lowest BCUT2D eigenvalue weighted by atomic mass is 9.78. The number of sulfonamides is 1. The van der Waals surface area contributed by atoms with Gasteiger partial charge < -0.3 is 15.4 Å². The monoisotopic (exact) mass is 390 g/mol. The number of hydrogen-bond acceptors (Lipinski definition) is 4. The molecule has 0 saturated carbocycles. The van der Waals surface area contributed by atoms with Gasteiger partial charge in [0.2, 0.25) is 10.0 Å². The molecule has 0 aromatic rings. The Hall–Kier alpha value is -0.860. The van der Waals surface area contributed by atoms with E-state index in [4.69, 9.17) is 4.74 Å². The van der Waals surface area contributed by atoms with Crippen LogP contribution in [0.15, 0.2) is 4.99 Å². The number of ether oxygens (including phenoxy) is 1. The van der Waals surface area contributed by atoms with Gasteiger partial charge in [0.05, 0.1) is 12.4 Å². The van der Waals surface area contributed by atoms with Gasteiger partial charge in [0.15, 0.2) is 5.96 Å². The van der Waals surface area contributed by atoms with Crippen molar-refractivity contribution in [2.75, 3.05) is 46.1 Å². The molecule has 0 aliphatic carbocycles. The van der Waals surface area contributed by atoms with Crippen molar-refractivity contribution in [1.29, 1.82) is 0 Å². The van der Waals surface area contributed by atoms with E-state index in [-0.39, 0.29) is 11.5 Å². The van der Waals surface area contributed by atoms with Gasteiger partial charge in [0, 0.05) is 45.8 Å². The molecule has 1 fully saturated rings. The van der Waals surface area contributed by atoms with Crippen molar-refractivity contribution < 1.29 is 13.2 Å². The molecule has 2 atom stereocenters. The first-order valence-electron chi connectivity index (χ1n) is 9.60. The van der Waals surface area contributed by atoms with Crippen LogP contribution < -0.4 is 10.6 Å². The van der Waals surface area contributed by atoms with Crippen molar-refractivity contribution in [2.45, 2.75) is 53.1 Å². The number of hydrogen-bond donors (Lipinski definition) is 2. The SMILES string of the molecule is CCN(CCCNC(=NC)NCC1CCCOC1C(C)(C)C)S(C)(=O)=O. The van der Waals surface area contributed by atoms with Crippen LogP contribution in [0.25, 0.3) is 0 Å². The van der Waals surface area contributed by atoms with Gasteiger partial charge in [-0.05, 0) is 24.7 Å². The first-order valence-corrected chi connectivity index (χ1v) is 11.5. The third-order valence-electron chi connectivity index (χ3n) is 4.75. The van der Waals surface area contributed by atoms with Gasteiger partial charge in [-0.2, -0.15) is 0 Å². The highest BCUT2D eigenvalue weighted by molar-refractivity contribution is 7.88. The molecule has 0 bridgehead atoms. The minimum Gasteiger partial charge on any atom is -0.377 e. The van der Waals surface area contributed by atoms with E-state index in [9.17, 15) is 8.42 Å². The van der Waals surface area contributed by atoms with Crippen LogP contribution in [0.4, 0.5) is 0 Å². The van der Waals surface area contributed by atoms with Crippen LogP contribution in [0, 0.1) is 11.3 Å². The predicted molar refractivity (Wildman–Crippen MR) is 108 cm³/mol. The molecule has 0 aromatic heterocycles. The van der Waals surface area contributed by atoms with Crippen molar-refractivity contribution >= 4 is 16.0 Å². The summed E-state index contributed by atoms with van der Waals surface area (Å²) in [5.41, 5.74) is 0.124. The molecule has 1 heterocycles. The highest BCUT2D eigenvalue weighted by Gasteiger charge is 2.35. The van der Waals surface area contributed by atoms with Gasteiger partial charge in [-0.25, -0.2) is 12.7 Å². The largest absolute Gasteiger partial charge is 0.377 e. The third kappa shape index (κ3) is 7.80. The van der Waals surface area contributed by atoms with Crippen LogP contribution in [0.3, 0.4) is 0 Å². The summed E-state index contributed by atoms with van der Waals surface area (Å²) in [5.74, 6) is 1.22. The van der Waals surface area contributed by atoms with Crippen molar-refractivity contribution in [2.24, 2.45) is 16.3 Å². The van der Waals surface area contributed by atoms with Crippen LogP contribution in [0.2, 0.25) is 0 Å². The van der Waals surface area contributed by atoms with E-state index >= 15 is 0 Å². The summed E-state index contributed by atoms with van der Waals surface area (Å²) in [7, 11) is -1.37. The lowest BCUT2D eigenvalue weighted by Crippen LogP contribution is -2.47.